The van der Waals surface area contributed by atoms with Crippen molar-refractivity contribution in [1.82, 2.24) is 14.6 Å². The summed E-state index contributed by atoms with van der Waals surface area (Å²) < 4.78 is 1.80. The average Bonchev–Trinajstić information content (AvgIpc) is 2.60. The predicted octanol–water partition coefficient (Wildman–Crippen LogP) is 2.08. The zero-order valence-electron chi connectivity index (χ0n) is 11.2. The fourth-order valence-corrected chi connectivity index (χ4v) is 2.21. The molecule has 17 heavy (non-hydrogen) atoms. The summed E-state index contributed by atoms with van der Waals surface area (Å²) in [5.41, 5.74) is 3.90. The van der Waals surface area contributed by atoms with Gasteiger partial charge in [-0.05, 0) is 29.4 Å². The molecule has 0 amide bonds. The summed E-state index contributed by atoms with van der Waals surface area (Å²) in [7, 11) is 6.21. The molecule has 88 valence electrons. The van der Waals surface area contributed by atoms with Gasteiger partial charge in [-0.3, -0.25) is 0 Å². The minimum Gasteiger partial charge on any atom is -0.221 e. The SMILES string of the molecule is [B]c1c(C(C)C)c(C)cn2nc(C(C)C)nc12. The van der Waals surface area contributed by atoms with Gasteiger partial charge in [0, 0.05) is 12.1 Å². The molecule has 3 nitrogen and oxygen atoms in total. The lowest BCUT2D eigenvalue weighted by atomic mass is 9.84. The van der Waals surface area contributed by atoms with E-state index in [1.54, 1.807) is 4.52 Å². The Bertz CT molecular complexity index is 555. The molecule has 0 spiro atoms. The molecule has 2 heterocycles. The fourth-order valence-electron chi connectivity index (χ4n) is 2.21. The first-order valence-electron chi connectivity index (χ1n) is 6.07. The van der Waals surface area contributed by atoms with Crippen LogP contribution >= 0.6 is 0 Å². The van der Waals surface area contributed by atoms with Crippen LogP contribution in [0.1, 0.15) is 56.5 Å². The van der Waals surface area contributed by atoms with Crippen molar-refractivity contribution in [1.29, 1.82) is 0 Å². The van der Waals surface area contributed by atoms with E-state index in [0.29, 0.717) is 11.8 Å². The minimum atomic E-state index is 0.317. The summed E-state index contributed by atoms with van der Waals surface area (Å²) in [6.07, 6.45) is 2.01. The van der Waals surface area contributed by atoms with Gasteiger partial charge in [0.15, 0.2) is 5.82 Å². The maximum atomic E-state index is 6.21. The quantitative estimate of drug-likeness (QED) is 0.735. The molecule has 0 saturated heterocycles. The molecule has 0 bridgehead atoms. The smallest absolute Gasteiger partial charge is 0.154 e. The second-order valence-electron chi connectivity index (χ2n) is 5.19. The van der Waals surface area contributed by atoms with Gasteiger partial charge in [0.05, 0.1) is 0 Å². The molecule has 2 radical (unpaired) electrons. The van der Waals surface area contributed by atoms with Crippen LogP contribution in [0.25, 0.3) is 5.65 Å². The van der Waals surface area contributed by atoms with E-state index in [2.05, 4.69) is 44.7 Å². The van der Waals surface area contributed by atoms with Crippen LogP contribution in [0.3, 0.4) is 0 Å². The standard InChI is InChI=1S/C13H18BN3/c1-7(2)10-9(5)6-17-13(11(10)14)15-12(16-17)8(3)4/h6-8H,1-5H3. The average molecular weight is 227 g/mol. The van der Waals surface area contributed by atoms with Crippen molar-refractivity contribution in [2.75, 3.05) is 0 Å². The zero-order valence-corrected chi connectivity index (χ0v) is 11.2. The Kier molecular flexibility index (Phi) is 2.98. The van der Waals surface area contributed by atoms with Gasteiger partial charge in [-0.1, -0.05) is 27.7 Å². The zero-order chi connectivity index (χ0) is 12.7. The van der Waals surface area contributed by atoms with E-state index in [4.69, 9.17) is 7.85 Å². The molecule has 0 fully saturated rings. The number of hydrogen-bond acceptors (Lipinski definition) is 2. The van der Waals surface area contributed by atoms with Crippen molar-refractivity contribution in [2.45, 2.75) is 46.5 Å². The Labute approximate surface area is 104 Å². The van der Waals surface area contributed by atoms with Gasteiger partial charge in [-0.2, -0.15) is 5.10 Å². The molecule has 0 atom stereocenters. The molecular weight excluding hydrogens is 209 g/mol. The molecule has 0 aliphatic heterocycles. The number of fused-ring (bicyclic) bond motifs is 1. The van der Waals surface area contributed by atoms with Gasteiger partial charge < -0.3 is 0 Å². The van der Waals surface area contributed by atoms with Gasteiger partial charge in [0.25, 0.3) is 0 Å². The first-order valence-corrected chi connectivity index (χ1v) is 6.07. The highest BCUT2D eigenvalue weighted by Gasteiger charge is 2.14. The van der Waals surface area contributed by atoms with Crippen LogP contribution in [0.15, 0.2) is 6.20 Å². The highest BCUT2D eigenvalue weighted by Crippen LogP contribution is 2.19. The third-order valence-corrected chi connectivity index (χ3v) is 3.01. The van der Waals surface area contributed by atoms with E-state index in [0.717, 1.165) is 16.9 Å². The van der Waals surface area contributed by atoms with E-state index in [1.165, 1.54) is 11.1 Å². The highest BCUT2D eigenvalue weighted by molar-refractivity contribution is 6.37. The van der Waals surface area contributed by atoms with E-state index in [9.17, 15) is 0 Å². The molecule has 0 saturated carbocycles. The number of rotatable bonds is 2. The van der Waals surface area contributed by atoms with Gasteiger partial charge in [-0.25, -0.2) is 9.50 Å². The minimum absolute atomic E-state index is 0.317. The van der Waals surface area contributed by atoms with Crippen LogP contribution in [-0.2, 0) is 0 Å². The first kappa shape index (κ1) is 12.2. The highest BCUT2D eigenvalue weighted by atomic mass is 15.3. The predicted molar refractivity (Wildman–Crippen MR) is 71.3 cm³/mol. The number of nitrogens with zero attached hydrogens (tertiary/aromatic N) is 3. The molecule has 2 aromatic rings. The molecule has 0 unspecified atom stereocenters. The monoisotopic (exact) mass is 227 g/mol. The van der Waals surface area contributed by atoms with Crippen LogP contribution in [0.4, 0.5) is 0 Å². The summed E-state index contributed by atoms with van der Waals surface area (Å²) in [5.74, 6) is 1.56. The van der Waals surface area contributed by atoms with E-state index in [1.807, 2.05) is 6.20 Å². The van der Waals surface area contributed by atoms with Gasteiger partial charge in [0.2, 0.25) is 0 Å². The van der Waals surface area contributed by atoms with E-state index >= 15 is 0 Å². The second-order valence-corrected chi connectivity index (χ2v) is 5.19. The van der Waals surface area contributed by atoms with Gasteiger partial charge >= 0.3 is 0 Å². The Hall–Kier alpha value is -1.32. The van der Waals surface area contributed by atoms with Crippen molar-refractivity contribution in [2.24, 2.45) is 0 Å². The molecule has 0 N–H and O–H groups in total. The molecule has 0 aromatic carbocycles. The summed E-state index contributed by atoms with van der Waals surface area (Å²) in [6, 6.07) is 0. The summed E-state index contributed by atoms with van der Waals surface area (Å²) in [4.78, 5) is 4.52. The van der Waals surface area contributed by atoms with Crippen LogP contribution in [0.2, 0.25) is 0 Å². The van der Waals surface area contributed by atoms with Crippen LogP contribution in [0, 0.1) is 6.92 Å². The lowest BCUT2D eigenvalue weighted by molar-refractivity contribution is 0.763. The van der Waals surface area contributed by atoms with Crippen molar-refractivity contribution in [3.05, 3.63) is 23.1 Å². The Morgan fingerprint density at radius 2 is 1.82 bits per heavy atom. The maximum absolute atomic E-state index is 6.21. The largest absolute Gasteiger partial charge is 0.221 e. The van der Waals surface area contributed by atoms with Crippen LogP contribution in [-0.4, -0.2) is 22.4 Å². The summed E-state index contributed by atoms with van der Waals surface area (Å²) >= 11 is 0. The number of hydrogen-bond donors (Lipinski definition) is 0. The summed E-state index contributed by atoms with van der Waals surface area (Å²) in [5, 5.41) is 4.46. The van der Waals surface area contributed by atoms with Gasteiger partial charge in [-0.15, -0.1) is 0 Å². The fraction of sp³-hybridized carbons (Fsp3) is 0.538. The maximum Gasteiger partial charge on any atom is 0.154 e. The first-order chi connectivity index (χ1) is 7.91. The van der Waals surface area contributed by atoms with Crippen LogP contribution < -0.4 is 5.46 Å². The third-order valence-electron chi connectivity index (χ3n) is 3.01. The van der Waals surface area contributed by atoms with E-state index < -0.39 is 0 Å². The molecule has 2 aromatic heterocycles. The summed E-state index contributed by atoms with van der Waals surface area (Å²) in [6.45, 7) is 10.5. The van der Waals surface area contributed by atoms with Gasteiger partial charge in [0.1, 0.15) is 13.5 Å². The lowest BCUT2D eigenvalue weighted by Gasteiger charge is -2.14. The lowest BCUT2D eigenvalue weighted by Crippen LogP contribution is -2.18. The molecule has 2 rings (SSSR count). The third kappa shape index (κ3) is 1.96. The molecular formula is C13H18BN3. The topological polar surface area (TPSA) is 30.2 Å². The van der Waals surface area contributed by atoms with Crippen molar-refractivity contribution >= 4 is 19.0 Å². The molecule has 0 aliphatic carbocycles. The van der Waals surface area contributed by atoms with E-state index in [-0.39, 0.29) is 0 Å². The molecule has 4 heteroatoms. The number of aromatic nitrogens is 3. The normalized spacial score (nSPS) is 11.9. The van der Waals surface area contributed by atoms with Crippen molar-refractivity contribution in [3.63, 3.8) is 0 Å². The number of pyridine rings is 1. The Morgan fingerprint density at radius 3 is 2.35 bits per heavy atom. The van der Waals surface area contributed by atoms with Crippen molar-refractivity contribution < 1.29 is 0 Å². The Morgan fingerprint density at radius 1 is 1.18 bits per heavy atom. The molecule has 0 aliphatic rings. The number of aryl methyl sites for hydroxylation is 1. The second kappa shape index (κ2) is 4.17. The van der Waals surface area contributed by atoms with Crippen molar-refractivity contribution in [3.8, 4) is 0 Å². The Balaban J connectivity index is 2.74. The van der Waals surface area contributed by atoms with Crippen LogP contribution in [0.5, 0.6) is 0 Å².